The second-order valence-electron chi connectivity index (χ2n) is 7.17. The van der Waals surface area contributed by atoms with E-state index in [1.54, 1.807) is 47.1 Å². The zero-order valence-corrected chi connectivity index (χ0v) is 17.8. The molecule has 7 nitrogen and oxygen atoms in total. The molecule has 0 radical (unpaired) electrons. The van der Waals surface area contributed by atoms with Crippen molar-refractivity contribution in [2.45, 2.75) is 13.3 Å². The van der Waals surface area contributed by atoms with Gasteiger partial charge in [-0.25, -0.2) is 9.18 Å². The molecule has 2 aromatic rings. The molecule has 168 valence electrons. The Morgan fingerprint density at radius 2 is 1.72 bits per heavy atom. The van der Waals surface area contributed by atoms with Crippen molar-refractivity contribution in [3.63, 3.8) is 0 Å². The van der Waals surface area contributed by atoms with Crippen molar-refractivity contribution >= 4 is 24.0 Å². The van der Waals surface area contributed by atoms with Crippen molar-refractivity contribution in [3.8, 4) is 5.75 Å². The third-order valence-corrected chi connectivity index (χ3v) is 4.93. The fourth-order valence-electron chi connectivity index (χ4n) is 3.32. The van der Waals surface area contributed by atoms with Gasteiger partial charge in [0.25, 0.3) is 5.91 Å². The summed E-state index contributed by atoms with van der Waals surface area (Å²) in [6.45, 7) is 3.76. The average molecular weight is 440 g/mol. The standard InChI is InChI=1S/C24H25FN2O5/c1-2-31-24(30)32-21-10-8-19(9-11-21)23(29)27-14-4-13-26(15-16-27)22(28)12-7-18-5-3-6-20(25)17-18/h3,5-12,17H,2,4,13-16H2,1H3/b12-7+. The molecule has 0 bridgehead atoms. The van der Waals surface area contributed by atoms with E-state index in [4.69, 9.17) is 9.47 Å². The van der Waals surface area contributed by atoms with Crippen molar-refractivity contribution in [1.29, 1.82) is 0 Å². The van der Waals surface area contributed by atoms with Crippen LogP contribution in [0.4, 0.5) is 9.18 Å². The summed E-state index contributed by atoms with van der Waals surface area (Å²) in [5, 5.41) is 0. The van der Waals surface area contributed by atoms with Gasteiger partial charge in [-0.05, 0) is 61.4 Å². The van der Waals surface area contributed by atoms with Crippen molar-refractivity contribution in [2.75, 3.05) is 32.8 Å². The topological polar surface area (TPSA) is 76.2 Å². The number of halogens is 1. The first kappa shape index (κ1) is 23.0. The van der Waals surface area contributed by atoms with Gasteiger partial charge in [-0.15, -0.1) is 0 Å². The lowest BCUT2D eigenvalue weighted by Gasteiger charge is -2.21. The summed E-state index contributed by atoms with van der Waals surface area (Å²) < 4.78 is 23.0. The van der Waals surface area contributed by atoms with Crippen molar-refractivity contribution in [3.05, 3.63) is 71.6 Å². The van der Waals surface area contributed by atoms with Crippen LogP contribution in [0.5, 0.6) is 5.75 Å². The molecule has 1 heterocycles. The molecular weight excluding hydrogens is 415 g/mol. The molecule has 3 rings (SSSR count). The summed E-state index contributed by atoms with van der Waals surface area (Å²) >= 11 is 0. The van der Waals surface area contributed by atoms with Gasteiger partial charge in [0.15, 0.2) is 0 Å². The van der Waals surface area contributed by atoms with Gasteiger partial charge in [0, 0.05) is 37.8 Å². The van der Waals surface area contributed by atoms with E-state index in [2.05, 4.69) is 0 Å². The SMILES string of the molecule is CCOC(=O)Oc1ccc(C(=O)N2CCCN(C(=O)/C=C/c3cccc(F)c3)CC2)cc1. The number of amides is 2. The minimum absolute atomic E-state index is 0.155. The van der Waals surface area contributed by atoms with Gasteiger partial charge in [0.2, 0.25) is 5.91 Å². The van der Waals surface area contributed by atoms with E-state index < -0.39 is 6.16 Å². The van der Waals surface area contributed by atoms with Crippen LogP contribution in [0.15, 0.2) is 54.6 Å². The van der Waals surface area contributed by atoms with Crippen LogP contribution in [-0.2, 0) is 9.53 Å². The highest BCUT2D eigenvalue weighted by atomic mass is 19.1. The lowest BCUT2D eigenvalue weighted by atomic mass is 10.2. The Balaban J connectivity index is 1.55. The molecule has 0 atom stereocenters. The molecular formula is C24H25FN2O5. The Morgan fingerprint density at radius 3 is 2.44 bits per heavy atom. The zero-order valence-electron chi connectivity index (χ0n) is 17.8. The molecule has 0 N–H and O–H groups in total. The molecule has 1 aliphatic rings. The van der Waals surface area contributed by atoms with Gasteiger partial charge in [-0.3, -0.25) is 9.59 Å². The summed E-state index contributed by atoms with van der Waals surface area (Å²) in [7, 11) is 0. The number of rotatable bonds is 5. The van der Waals surface area contributed by atoms with E-state index in [0.29, 0.717) is 43.7 Å². The van der Waals surface area contributed by atoms with Gasteiger partial charge < -0.3 is 19.3 Å². The molecule has 32 heavy (non-hydrogen) atoms. The molecule has 0 aliphatic carbocycles. The fraction of sp³-hybridized carbons (Fsp3) is 0.292. The summed E-state index contributed by atoms with van der Waals surface area (Å²) in [4.78, 5) is 40.1. The molecule has 8 heteroatoms. The lowest BCUT2D eigenvalue weighted by molar-refractivity contribution is -0.125. The Morgan fingerprint density at radius 1 is 1.00 bits per heavy atom. The van der Waals surface area contributed by atoms with Crippen molar-refractivity contribution in [2.24, 2.45) is 0 Å². The summed E-state index contributed by atoms with van der Waals surface area (Å²) in [6.07, 6.45) is 2.86. The first-order valence-corrected chi connectivity index (χ1v) is 10.4. The lowest BCUT2D eigenvalue weighted by Crippen LogP contribution is -2.36. The third-order valence-electron chi connectivity index (χ3n) is 4.93. The van der Waals surface area contributed by atoms with Crippen molar-refractivity contribution < 1.29 is 28.2 Å². The summed E-state index contributed by atoms with van der Waals surface area (Å²) in [5.41, 5.74) is 1.08. The third kappa shape index (κ3) is 6.41. The summed E-state index contributed by atoms with van der Waals surface area (Å²) in [5.74, 6) is -0.400. The quantitative estimate of drug-likeness (QED) is 0.402. The van der Waals surface area contributed by atoms with Gasteiger partial charge in [0.1, 0.15) is 11.6 Å². The molecule has 0 saturated carbocycles. The van der Waals surface area contributed by atoms with E-state index in [0.717, 1.165) is 0 Å². The number of nitrogens with zero attached hydrogens (tertiary/aromatic N) is 2. The molecule has 1 fully saturated rings. The minimum atomic E-state index is -0.796. The molecule has 0 spiro atoms. The number of carbonyl (C=O) groups excluding carboxylic acids is 3. The van der Waals surface area contributed by atoms with Crippen LogP contribution in [0.3, 0.4) is 0 Å². The van der Waals surface area contributed by atoms with E-state index in [1.165, 1.54) is 30.3 Å². The van der Waals surface area contributed by atoms with Crippen molar-refractivity contribution in [1.82, 2.24) is 9.80 Å². The van der Waals surface area contributed by atoms with E-state index in [-0.39, 0.29) is 30.0 Å². The maximum atomic E-state index is 13.3. The molecule has 2 aromatic carbocycles. The molecule has 0 aromatic heterocycles. The van der Waals surface area contributed by atoms with Gasteiger partial charge in [-0.1, -0.05) is 12.1 Å². The largest absolute Gasteiger partial charge is 0.513 e. The van der Waals surface area contributed by atoms with Gasteiger partial charge in [0.05, 0.1) is 6.61 Å². The normalized spacial score (nSPS) is 14.2. The monoisotopic (exact) mass is 440 g/mol. The predicted molar refractivity (Wildman–Crippen MR) is 117 cm³/mol. The van der Waals surface area contributed by atoms with Crippen LogP contribution in [-0.4, -0.2) is 60.6 Å². The molecule has 1 saturated heterocycles. The zero-order chi connectivity index (χ0) is 22.9. The van der Waals surface area contributed by atoms with Crippen LogP contribution >= 0.6 is 0 Å². The number of benzene rings is 2. The van der Waals surface area contributed by atoms with E-state index >= 15 is 0 Å². The highest BCUT2D eigenvalue weighted by molar-refractivity contribution is 5.95. The maximum Gasteiger partial charge on any atom is 0.513 e. The Kier molecular flexibility index (Phi) is 7.96. The Hall–Kier alpha value is -3.68. The van der Waals surface area contributed by atoms with Crippen LogP contribution in [0, 0.1) is 5.82 Å². The smallest absolute Gasteiger partial charge is 0.434 e. The minimum Gasteiger partial charge on any atom is -0.434 e. The first-order chi connectivity index (χ1) is 15.5. The average Bonchev–Trinajstić information content (AvgIpc) is 3.04. The number of ether oxygens (including phenoxy) is 2. The number of hydrogen-bond donors (Lipinski definition) is 0. The Bertz CT molecular complexity index is 990. The van der Waals surface area contributed by atoms with Crippen LogP contribution in [0.1, 0.15) is 29.3 Å². The second-order valence-corrected chi connectivity index (χ2v) is 7.17. The molecule has 2 amide bonds. The molecule has 1 aliphatic heterocycles. The predicted octanol–water partition coefficient (Wildman–Crippen LogP) is 3.75. The molecule has 0 unspecified atom stereocenters. The van der Waals surface area contributed by atoms with E-state index in [1.807, 2.05) is 0 Å². The van der Waals surface area contributed by atoms with Crippen LogP contribution < -0.4 is 4.74 Å². The highest BCUT2D eigenvalue weighted by Crippen LogP contribution is 2.16. The number of hydrogen-bond acceptors (Lipinski definition) is 5. The fourth-order valence-corrected chi connectivity index (χ4v) is 3.32. The maximum absolute atomic E-state index is 13.3. The van der Waals surface area contributed by atoms with Gasteiger partial charge >= 0.3 is 6.16 Å². The number of carbonyl (C=O) groups is 3. The first-order valence-electron chi connectivity index (χ1n) is 10.4. The van der Waals surface area contributed by atoms with E-state index in [9.17, 15) is 18.8 Å². The highest BCUT2D eigenvalue weighted by Gasteiger charge is 2.22. The second kappa shape index (κ2) is 11.1. The summed E-state index contributed by atoms with van der Waals surface area (Å²) in [6, 6.07) is 12.3. The van der Waals surface area contributed by atoms with Crippen LogP contribution in [0.25, 0.3) is 6.08 Å². The Labute approximate surface area is 186 Å². The van der Waals surface area contributed by atoms with Gasteiger partial charge in [-0.2, -0.15) is 0 Å². The van der Waals surface area contributed by atoms with Crippen LogP contribution in [0.2, 0.25) is 0 Å².